The van der Waals surface area contributed by atoms with Gasteiger partial charge in [0.05, 0.1) is 13.2 Å². The maximum Gasteiger partial charge on any atom is 0.213 e. The summed E-state index contributed by atoms with van der Waals surface area (Å²) in [5.74, 6) is 1.51. The zero-order valence-corrected chi connectivity index (χ0v) is 11.8. The third kappa shape index (κ3) is 3.08. The zero-order chi connectivity index (χ0) is 14.5. The van der Waals surface area contributed by atoms with Crippen molar-refractivity contribution in [3.63, 3.8) is 0 Å². The van der Waals surface area contributed by atoms with E-state index in [0.29, 0.717) is 12.5 Å². The van der Waals surface area contributed by atoms with Crippen LogP contribution in [0.1, 0.15) is 12.5 Å². The van der Waals surface area contributed by atoms with Crippen LogP contribution in [0.4, 0.5) is 0 Å². The Labute approximate surface area is 123 Å². The van der Waals surface area contributed by atoms with Crippen molar-refractivity contribution in [3.05, 3.63) is 60.8 Å². The van der Waals surface area contributed by atoms with Crippen molar-refractivity contribution in [1.82, 2.24) is 19.5 Å². The van der Waals surface area contributed by atoms with Crippen LogP contribution in [0.2, 0.25) is 0 Å². The molecule has 3 aromatic rings. The second-order valence-corrected chi connectivity index (χ2v) is 4.56. The van der Waals surface area contributed by atoms with Gasteiger partial charge in [-0.25, -0.2) is 9.97 Å². The SMILES string of the molecule is CCOc1ccc(-c2nccn2Cc2cccnc2)cn1. The molecule has 106 valence electrons. The molecule has 0 amide bonds. The predicted octanol–water partition coefficient (Wildman–Crippen LogP) is 2.79. The fraction of sp³-hybridized carbons (Fsp3) is 0.188. The third-order valence-corrected chi connectivity index (χ3v) is 3.08. The Morgan fingerprint density at radius 1 is 1.10 bits per heavy atom. The van der Waals surface area contributed by atoms with Crippen LogP contribution >= 0.6 is 0 Å². The molecule has 0 radical (unpaired) electrons. The minimum atomic E-state index is 0.613. The van der Waals surface area contributed by atoms with Crippen LogP contribution in [-0.2, 0) is 6.54 Å². The molecule has 5 nitrogen and oxygen atoms in total. The highest BCUT2D eigenvalue weighted by Gasteiger charge is 2.07. The van der Waals surface area contributed by atoms with E-state index in [1.807, 2.05) is 43.6 Å². The molecule has 0 aliphatic rings. The average Bonchev–Trinajstić information content (AvgIpc) is 2.98. The van der Waals surface area contributed by atoms with Gasteiger partial charge in [0.25, 0.3) is 0 Å². The Hall–Kier alpha value is -2.69. The van der Waals surface area contributed by atoms with Gasteiger partial charge in [0.2, 0.25) is 5.88 Å². The first-order valence-corrected chi connectivity index (χ1v) is 6.86. The second-order valence-electron chi connectivity index (χ2n) is 4.56. The number of hydrogen-bond acceptors (Lipinski definition) is 4. The molecule has 0 saturated carbocycles. The van der Waals surface area contributed by atoms with Gasteiger partial charge in [-0.3, -0.25) is 4.98 Å². The summed E-state index contributed by atoms with van der Waals surface area (Å²) < 4.78 is 7.44. The van der Waals surface area contributed by atoms with Gasteiger partial charge in [0, 0.05) is 42.6 Å². The first kappa shape index (κ1) is 13.3. The highest BCUT2D eigenvalue weighted by Crippen LogP contribution is 2.19. The molecule has 0 bridgehead atoms. The lowest BCUT2D eigenvalue weighted by Crippen LogP contribution is -2.02. The fourth-order valence-electron chi connectivity index (χ4n) is 2.13. The first-order chi connectivity index (χ1) is 10.4. The van der Waals surface area contributed by atoms with Gasteiger partial charge in [-0.2, -0.15) is 0 Å². The third-order valence-electron chi connectivity index (χ3n) is 3.08. The van der Waals surface area contributed by atoms with E-state index >= 15 is 0 Å². The molecule has 3 heterocycles. The molecule has 0 spiro atoms. The molecular weight excluding hydrogens is 264 g/mol. The lowest BCUT2D eigenvalue weighted by molar-refractivity contribution is 0.327. The first-order valence-electron chi connectivity index (χ1n) is 6.86. The highest BCUT2D eigenvalue weighted by atomic mass is 16.5. The van der Waals surface area contributed by atoms with Crippen molar-refractivity contribution in [2.75, 3.05) is 6.61 Å². The maximum atomic E-state index is 5.36. The van der Waals surface area contributed by atoms with Crippen molar-refractivity contribution in [1.29, 1.82) is 0 Å². The minimum Gasteiger partial charge on any atom is -0.478 e. The highest BCUT2D eigenvalue weighted by molar-refractivity contribution is 5.54. The summed E-state index contributed by atoms with van der Waals surface area (Å²) in [4.78, 5) is 12.8. The van der Waals surface area contributed by atoms with Crippen molar-refractivity contribution in [3.8, 4) is 17.3 Å². The molecule has 3 rings (SSSR count). The van der Waals surface area contributed by atoms with Crippen LogP contribution in [0.3, 0.4) is 0 Å². The lowest BCUT2D eigenvalue weighted by atomic mass is 10.2. The number of pyridine rings is 2. The molecule has 0 N–H and O–H groups in total. The van der Waals surface area contributed by atoms with Crippen LogP contribution in [0.15, 0.2) is 55.2 Å². The number of aromatic nitrogens is 4. The summed E-state index contributed by atoms with van der Waals surface area (Å²) in [6, 6.07) is 7.82. The van der Waals surface area contributed by atoms with Crippen LogP contribution in [0.25, 0.3) is 11.4 Å². The van der Waals surface area contributed by atoms with E-state index in [1.54, 1.807) is 18.6 Å². The number of imidazole rings is 1. The second kappa shape index (κ2) is 6.17. The van der Waals surface area contributed by atoms with Gasteiger partial charge in [-0.1, -0.05) is 6.07 Å². The maximum absolute atomic E-state index is 5.36. The Bertz CT molecular complexity index is 692. The summed E-state index contributed by atoms with van der Waals surface area (Å²) in [5.41, 5.74) is 2.10. The molecule has 0 unspecified atom stereocenters. The average molecular weight is 280 g/mol. The number of hydrogen-bond donors (Lipinski definition) is 0. The summed E-state index contributed by atoms with van der Waals surface area (Å²) in [5, 5.41) is 0. The Morgan fingerprint density at radius 2 is 2.05 bits per heavy atom. The summed E-state index contributed by atoms with van der Waals surface area (Å²) in [7, 11) is 0. The van der Waals surface area contributed by atoms with Gasteiger partial charge in [0.1, 0.15) is 5.82 Å². The summed E-state index contributed by atoms with van der Waals surface area (Å²) in [6.07, 6.45) is 9.17. The van der Waals surface area contributed by atoms with E-state index in [9.17, 15) is 0 Å². The molecule has 3 aromatic heterocycles. The summed E-state index contributed by atoms with van der Waals surface area (Å²) >= 11 is 0. The van der Waals surface area contributed by atoms with Crippen molar-refractivity contribution in [2.24, 2.45) is 0 Å². The van der Waals surface area contributed by atoms with E-state index in [2.05, 4.69) is 19.5 Å². The van der Waals surface area contributed by atoms with E-state index in [0.717, 1.165) is 23.5 Å². The molecule has 0 fully saturated rings. The van der Waals surface area contributed by atoms with Crippen molar-refractivity contribution < 1.29 is 4.74 Å². The quantitative estimate of drug-likeness (QED) is 0.721. The van der Waals surface area contributed by atoms with Crippen molar-refractivity contribution >= 4 is 0 Å². The topological polar surface area (TPSA) is 52.8 Å². The smallest absolute Gasteiger partial charge is 0.213 e. The van der Waals surface area contributed by atoms with Crippen LogP contribution in [0.5, 0.6) is 5.88 Å². The number of ether oxygens (including phenoxy) is 1. The predicted molar refractivity (Wildman–Crippen MR) is 80.0 cm³/mol. The zero-order valence-electron chi connectivity index (χ0n) is 11.8. The van der Waals surface area contributed by atoms with Crippen LogP contribution < -0.4 is 4.74 Å². The number of rotatable bonds is 5. The lowest BCUT2D eigenvalue weighted by Gasteiger charge is -2.08. The van der Waals surface area contributed by atoms with Gasteiger partial charge in [-0.05, 0) is 24.6 Å². The Morgan fingerprint density at radius 3 is 2.76 bits per heavy atom. The van der Waals surface area contributed by atoms with Crippen LogP contribution in [0, 0.1) is 0 Å². The molecule has 21 heavy (non-hydrogen) atoms. The molecule has 0 aromatic carbocycles. The fourth-order valence-corrected chi connectivity index (χ4v) is 2.13. The van der Waals surface area contributed by atoms with E-state index < -0.39 is 0 Å². The van der Waals surface area contributed by atoms with Gasteiger partial charge >= 0.3 is 0 Å². The summed E-state index contributed by atoms with van der Waals surface area (Å²) in [6.45, 7) is 3.29. The van der Waals surface area contributed by atoms with E-state index in [4.69, 9.17) is 4.74 Å². The van der Waals surface area contributed by atoms with Crippen LogP contribution in [-0.4, -0.2) is 26.1 Å². The monoisotopic (exact) mass is 280 g/mol. The van der Waals surface area contributed by atoms with Gasteiger partial charge in [0.15, 0.2) is 0 Å². The molecule has 0 atom stereocenters. The van der Waals surface area contributed by atoms with Crippen molar-refractivity contribution in [2.45, 2.75) is 13.5 Å². The van der Waals surface area contributed by atoms with Gasteiger partial charge in [-0.15, -0.1) is 0 Å². The number of nitrogens with zero attached hydrogens (tertiary/aromatic N) is 4. The minimum absolute atomic E-state index is 0.613. The molecule has 5 heteroatoms. The largest absolute Gasteiger partial charge is 0.478 e. The van der Waals surface area contributed by atoms with E-state index in [-0.39, 0.29) is 0 Å². The molecular formula is C16H16N4O. The standard InChI is InChI=1S/C16H16N4O/c1-2-21-15-6-5-14(11-19-15)16-18-8-9-20(16)12-13-4-3-7-17-10-13/h3-11H,2,12H2,1H3. The Kier molecular flexibility index (Phi) is 3.91. The normalized spacial score (nSPS) is 10.5. The van der Waals surface area contributed by atoms with Gasteiger partial charge < -0.3 is 9.30 Å². The molecule has 0 aliphatic carbocycles. The Balaban J connectivity index is 1.84. The molecule has 0 saturated heterocycles. The van der Waals surface area contributed by atoms with E-state index in [1.165, 1.54) is 0 Å². The molecule has 0 aliphatic heterocycles.